The number of phenols is 1. The van der Waals surface area contributed by atoms with Crippen LogP contribution in [0, 0.1) is 5.92 Å². The average molecular weight is 1030 g/mol. The summed E-state index contributed by atoms with van der Waals surface area (Å²) in [5.74, 6) is -6.29. The highest BCUT2D eigenvalue weighted by Crippen LogP contribution is 2.22. The lowest BCUT2D eigenvalue weighted by molar-refractivity contribution is -0.143. The van der Waals surface area contributed by atoms with Gasteiger partial charge < -0.3 is 57.6 Å². The summed E-state index contributed by atoms with van der Waals surface area (Å²) in [6.45, 7) is 4.77. The fourth-order valence-electron chi connectivity index (χ4n) is 8.86. The predicted octanol–water partition coefficient (Wildman–Crippen LogP) is 0.783. The number of aliphatic carboxylic acids is 1. The van der Waals surface area contributed by atoms with Crippen molar-refractivity contribution in [1.29, 1.82) is 0 Å². The van der Waals surface area contributed by atoms with Crippen LogP contribution in [0.4, 0.5) is 0 Å². The van der Waals surface area contributed by atoms with Gasteiger partial charge >= 0.3 is 5.97 Å². The lowest BCUT2D eigenvalue weighted by atomic mass is 10.00. The van der Waals surface area contributed by atoms with Crippen LogP contribution in [0.15, 0.2) is 84.9 Å². The van der Waals surface area contributed by atoms with Crippen LogP contribution in [-0.2, 0) is 62.4 Å². The van der Waals surface area contributed by atoms with Crippen molar-refractivity contribution in [2.75, 3.05) is 31.6 Å². The first-order valence-corrected chi connectivity index (χ1v) is 26.0. The van der Waals surface area contributed by atoms with Crippen LogP contribution in [0.2, 0.25) is 0 Å². The standard InChI is InChI=1S/C52H69N9O11S/c1-31(2)44(59-43(63)30-54-47(66)41-17-11-24-60(41)50(69)32(3)55-45(64)37(53)27-33-13-7-5-8-14-33)49(68)58-40(29-34-15-9-6-10-16-34)51(70)61-25-12-18-42(61)48(67)57-39(28-35-19-21-36(62)22-20-35)46(65)56-38(52(71)72)23-26-73-4/h5-10,13-16,19-22,31-32,37-42,44,62H,11-12,17-18,23-30,53H2,1-4H3,(H,54,66)(H,55,64)(H,56,65)(H,57,67)(H,58,68)(H,59,63)(H,71,72)/t32-,37-,38-,39-,40-,41-,42-,44-/m0/s1. The van der Waals surface area contributed by atoms with Gasteiger partial charge in [0, 0.05) is 25.9 Å². The van der Waals surface area contributed by atoms with E-state index in [2.05, 4.69) is 31.9 Å². The maximum Gasteiger partial charge on any atom is 0.326 e. The van der Waals surface area contributed by atoms with Crippen LogP contribution in [-0.4, -0.2) is 153 Å². The number of likely N-dealkylation sites (tertiary alicyclic amines) is 2. The molecule has 10 N–H and O–H groups in total. The zero-order valence-electron chi connectivity index (χ0n) is 41.7. The average Bonchev–Trinajstić information content (AvgIpc) is 4.08. The molecule has 0 bridgehead atoms. The summed E-state index contributed by atoms with van der Waals surface area (Å²) in [4.78, 5) is 125. The van der Waals surface area contributed by atoms with Crippen molar-refractivity contribution in [3.05, 3.63) is 102 Å². The van der Waals surface area contributed by atoms with Gasteiger partial charge in [-0.05, 0) is 92.2 Å². The molecule has 2 fully saturated rings. The van der Waals surface area contributed by atoms with E-state index in [0.717, 1.165) is 5.56 Å². The Balaban J connectivity index is 1.23. The van der Waals surface area contributed by atoms with E-state index in [9.17, 15) is 53.4 Å². The van der Waals surface area contributed by atoms with E-state index in [1.807, 2.05) is 30.3 Å². The smallest absolute Gasteiger partial charge is 0.326 e. The molecule has 0 aliphatic carbocycles. The SMILES string of the molecule is CSCC[C@H](NC(=O)[C@H](Cc1ccc(O)cc1)NC(=O)[C@@H]1CCCN1C(=O)[C@H](Cc1ccccc1)NC(=O)[C@@H](NC(=O)CNC(=O)[C@@H]1CCCN1C(=O)[C@H](C)NC(=O)[C@@H](N)Cc1ccccc1)C(C)C)C(=O)O. The van der Waals surface area contributed by atoms with Gasteiger partial charge in [-0.1, -0.05) is 86.6 Å². The molecule has 0 spiro atoms. The molecule has 21 heteroatoms. The van der Waals surface area contributed by atoms with Crippen molar-refractivity contribution in [3.8, 4) is 5.75 Å². The lowest BCUT2D eigenvalue weighted by Crippen LogP contribution is -2.60. The molecule has 8 amide bonds. The van der Waals surface area contributed by atoms with Crippen LogP contribution >= 0.6 is 11.8 Å². The van der Waals surface area contributed by atoms with E-state index in [-0.39, 0.29) is 50.9 Å². The molecule has 0 saturated carbocycles. The summed E-state index contributed by atoms with van der Waals surface area (Å²) < 4.78 is 0. The number of phenolic OH excluding ortho intramolecular Hbond substituents is 1. The minimum atomic E-state index is -1.26. The van der Waals surface area contributed by atoms with Crippen molar-refractivity contribution in [2.45, 2.75) is 120 Å². The molecule has 73 heavy (non-hydrogen) atoms. The molecular weight excluding hydrogens is 959 g/mol. The fourth-order valence-corrected chi connectivity index (χ4v) is 9.34. The number of nitrogens with one attached hydrogen (secondary N) is 6. The number of rotatable bonds is 25. The molecule has 0 aromatic heterocycles. The van der Waals surface area contributed by atoms with Gasteiger partial charge in [-0.2, -0.15) is 11.8 Å². The Bertz CT molecular complexity index is 2400. The highest BCUT2D eigenvalue weighted by molar-refractivity contribution is 7.98. The third-order valence-corrected chi connectivity index (χ3v) is 13.5. The van der Waals surface area contributed by atoms with Gasteiger partial charge in [0.25, 0.3) is 0 Å². The third-order valence-electron chi connectivity index (χ3n) is 12.9. The van der Waals surface area contributed by atoms with Gasteiger partial charge in [0.05, 0.1) is 12.6 Å². The second kappa shape index (κ2) is 27.7. The Morgan fingerprint density at radius 2 is 1.16 bits per heavy atom. The van der Waals surface area contributed by atoms with E-state index in [1.165, 1.54) is 40.6 Å². The highest BCUT2D eigenvalue weighted by atomic mass is 32.2. The predicted molar refractivity (Wildman–Crippen MR) is 273 cm³/mol. The van der Waals surface area contributed by atoms with Crippen LogP contribution in [0.5, 0.6) is 5.75 Å². The van der Waals surface area contributed by atoms with E-state index in [4.69, 9.17) is 5.73 Å². The number of nitrogens with zero attached hydrogens (tertiary/aromatic N) is 2. The van der Waals surface area contributed by atoms with Crippen LogP contribution in [0.1, 0.15) is 69.6 Å². The molecule has 5 rings (SSSR count). The number of hydrogen-bond acceptors (Lipinski definition) is 12. The summed E-state index contributed by atoms with van der Waals surface area (Å²) in [5, 5.41) is 35.7. The molecule has 2 saturated heterocycles. The maximum absolute atomic E-state index is 14.6. The Morgan fingerprint density at radius 1 is 0.630 bits per heavy atom. The normalized spacial score (nSPS) is 17.8. The molecule has 2 aliphatic heterocycles. The fraction of sp³-hybridized carbons (Fsp3) is 0.481. The molecular formula is C52H69N9O11S. The maximum atomic E-state index is 14.6. The number of hydrogen-bond donors (Lipinski definition) is 9. The molecule has 8 atom stereocenters. The molecule has 0 unspecified atom stereocenters. The van der Waals surface area contributed by atoms with E-state index in [1.54, 1.807) is 62.6 Å². The second-order valence-electron chi connectivity index (χ2n) is 18.8. The van der Waals surface area contributed by atoms with Crippen molar-refractivity contribution >= 4 is 65.0 Å². The highest BCUT2D eigenvalue weighted by Gasteiger charge is 2.41. The number of carboxylic acids is 1. The minimum absolute atomic E-state index is 0.0144. The van der Waals surface area contributed by atoms with Crippen molar-refractivity contribution in [3.63, 3.8) is 0 Å². The topological polar surface area (TPSA) is 299 Å². The molecule has 394 valence electrons. The number of benzene rings is 3. The number of aromatic hydroxyl groups is 1. The first kappa shape index (κ1) is 56.9. The van der Waals surface area contributed by atoms with E-state index in [0.29, 0.717) is 36.1 Å². The Kier molecular flexibility index (Phi) is 21.6. The zero-order valence-corrected chi connectivity index (χ0v) is 42.5. The van der Waals surface area contributed by atoms with Crippen LogP contribution < -0.4 is 37.6 Å². The number of carbonyl (C=O) groups excluding carboxylic acids is 8. The van der Waals surface area contributed by atoms with Crippen molar-refractivity contribution in [1.82, 2.24) is 41.7 Å². The quantitative estimate of drug-likeness (QED) is 0.0568. The summed E-state index contributed by atoms with van der Waals surface area (Å²) in [5.41, 5.74) is 8.24. The van der Waals surface area contributed by atoms with Gasteiger partial charge in [-0.25, -0.2) is 4.79 Å². The summed E-state index contributed by atoms with van der Waals surface area (Å²) in [6.07, 6.45) is 3.65. The van der Waals surface area contributed by atoms with Gasteiger partial charge in [0.1, 0.15) is 48.0 Å². The first-order valence-electron chi connectivity index (χ1n) is 24.6. The largest absolute Gasteiger partial charge is 0.508 e. The molecule has 3 aromatic carbocycles. The lowest BCUT2D eigenvalue weighted by Gasteiger charge is -2.31. The van der Waals surface area contributed by atoms with E-state index < -0.39 is 114 Å². The Hall–Kier alpha value is -7.00. The second-order valence-corrected chi connectivity index (χ2v) is 19.8. The van der Waals surface area contributed by atoms with Crippen molar-refractivity contribution < 1.29 is 53.4 Å². The van der Waals surface area contributed by atoms with Gasteiger partial charge in [-0.3, -0.25) is 38.4 Å². The molecule has 2 aliphatic rings. The molecule has 2 heterocycles. The van der Waals surface area contributed by atoms with Gasteiger partial charge in [0.2, 0.25) is 47.3 Å². The van der Waals surface area contributed by atoms with Crippen molar-refractivity contribution in [2.24, 2.45) is 11.7 Å². The third kappa shape index (κ3) is 16.8. The summed E-state index contributed by atoms with van der Waals surface area (Å²) in [6, 6.07) is 15.3. The Morgan fingerprint density at radius 3 is 1.74 bits per heavy atom. The summed E-state index contributed by atoms with van der Waals surface area (Å²) in [7, 11) is 0. The first-order chi connectivity index (χ1) is 34.9. The molecule has 0 radical (unpaired) electrons. The van der Waals surface area contributed by atoms with Crippen LogP contribution in [0.3, 0.4) is 0 Å². The Labute approximate surface area is 429 Å². The number of carboxylic acid groups (broad SMARTS) is 1. The molecule has 3 aromatic rings. The summed E-state index contributed by atoms with van der Waals surface area (Å²) >= 11 is 1.41. The monoisotopic (exact) mass is 1030 g/mol. The van der Waals surface area contributed by atoms with E-state index >= 15 is 0 Å². The molecule has 20 nitrogen and oxygen atoms in total. The van der Waals surface area contributed by atoms with Crippen LogP contribution in [0.25, 0.3) is 0 Å². The van der Waals surface area contributed by atoms with Gasteiger partial charge in [0.15, 0.2) is 0 Å². The number of nitrogens with two attached hydrogens (primary N) is 1. The van der Waals surface area contributed by atoms with Gasteiger partial charge in [-0.15, -0.1) is 0 Å². The zero-order chi connectivity index (χ0) is 53.2. The number of thioether (sulfide) groups is 1. The number of carbonyl (C=O) groups is 9. The minimum Gasteiger partial charge on any atom is -0.508 e. The number of amides is 8.